The van der Waals surface area contributed by atoms with Crippen LogP contribution in [-0.2, 0) is 0 Å². The number of hydrogen-bond donors (Lipinski definition) is 1. The van der Waals surface area contributed by atoms with Gasteiger partial charge in [-0.25, -0.2) is 23.5 Å². The molecule has 2 amide bonds. The van der Waals surface area contributed by atoms with Gasteiger partial charge in [0.1, 0.15) is 5.82 Å². The van der Waals surface area contributed by atoms with Gasteiger partial charge in [-0.15, -0.1) is 0 Å². The van der Waals surface area contributed by atoms with Crippen LogP contribution in [0.15, 0.2) is 60.8 Å². The lowest BCUT2D eigenvalue weighted by Crippen LogP contribution is -2.48. The van der Waals surface area contributed by atoms with Crippen LogP contribution >= 0.6 is 0 Å². The summed E-state index contributed by atoms with van der Waals surface area (Å²) in [6.45, 7) is 1.69. The molecule has 2 aromatic heterocycles. The van der Waals surface area contributed by atoms with Crippen molar-refractivity contribution in [2.75, 3.05) is 46.2 Å². The Bertz CT molecular complexity index is 1240. The predicted octanol–water partition coefficient (Wildman–Crippen LogP) is 4.62. The van der Waals surface area contributed by atoms with Crippen LogP contribution in [0.25, 0.3) is 11.3 Å². The zero-order chi connectivity index (χ0) is 23.3. The number of aromatic nitrogens is 2. The molecule has 7 nitrogen and oxygen atoms in total. The maximum atomic E-state index is 13.7. The first-order valence-corrected chi connectivity index (χ1v) is 11.5. The second kappa shape index (κ2) is 7.93. The third-order valence-corrected chi connectivity index (χ3v) is 6.75. The number of benzene rings is 1. The highest BCUT2D eigenvalue weighted by Gasteiger charge is 2.41. The standard InChI is InChI=1S/C25H24F2N6O/c26-25(27)10-13-32(16-25)18-5-3-4-17(14-18)20-7-8-21-23(29-20)33(19-9-12-31(21)15-19)24(34)30-22-6-1-2-11-28-22/h1-8,11,14,19H,9-10,12-13,15-16H2,(H,28,30,34)/t19-/m0/s1. The molecule has 34 heavy (non-hydrogen) atoms. The minimum absolute atomic E-state index is 0.0251. The van der Waals surface area contributed by atoms with E-state index in [-0.39, 0.29) is 25.0 Å². The molecule has 0 spiro atoms. The monoisotopic (exact) mass is 462 g/mol. The van der Waals surface area contributed by atoms with Gasteiger partial charge in [0.25, 0.3) is 5.92 Å². The van der Waals surface area contributed by atoms with Crippen LogP contribution in [0, 0.1) is 0 Å². The minimum Gasteiger partial charge on any atom is -0.366 e. The van der Waals surface area contributed by atoms with E-state index in [0.717, 1.165) is 36.4 Å². The number of carbonyl (C=O) groups excluding carboxylic acids is 1. The fourth-order valence-corrected chi connectivity index (χ4v) is 5.06. The number of nitrogens with one attached hydrogen (secondary N) is 1. The first-order valence-electron chi connectivity index (χ1n) is 11.5. The third kappa shape index (κ3) is 3.70. The molecule has 0 aliphatic carbocycles. The zero-order valence-corrected chi connectivity index (χ0v) is 18.5. The second-order valence-electron chi connectivity index (χ2n) is 9.02. The van der Waals surface area contributed by atoms with Gasteiger partial charge in [-0.05, 0) is 42.8 Å². The van der Waals surface area contributed by atoms with Crippen molar-refractivity contribution in [3.63, 3.8) is 0 Å². The summed E-state index contributed by atoms with van der Waals surface area (Å²) in [5, 5.41) is 2.89. The number of fused-ring (bicyclic) bond motifs is 4. The zero-order valence-electron chi connectivity index (χ0n) is 18.5. The van der Waals surface area contributed by atoms with Crippen molar-refractivity contribution in [2.45, 2.75) is 24.8 Å². The van der Waals surface area contributed by atoms with Crippen LogP contribution in [0.2, 0.25) is 0 Å². The highest BCUT2D eigenvalue weighted by Crippen LogP contribution is 2.41. The van der Waals surface area contributed by atoms with Crippen LogP contribution in [0.4, 0.5) is 36.6 Å². The molecule has 3 aromatic rings. The van der Waals surface area contributed by atoms with Crippen LogP contribution < -0.4 is 20.0 Å². The van der Waals surface area contributed by atoms with E-state index in [1.165, 1.54) is 0 Å². The highest BCUT2D eigenvalue weighted by molar-refractivity contribution is 6.04. The van der Waals surface area contributed by atoms with E-state index in [2.05, 4.69) is 15.2 Å². The summed E-state index contributed by atoms with van der Waals surface area (Å²) in [6.07, 6.45) is 2.36. The number of urea groups is 1. The largest absolute Gasteiger partial charge is 0.366 e. The number of amides is 2. The molecule has 174 valence electrons. The Morgan fingerprint density at radius 1 is 1.06 bits per heavy atom. The minimum atomic E-state index is -2.66. The number of hydrogen-bond acceptors (Lipinski definition) is 5. The van der Waals surface area contributed by atoms with Crippen LogP contribution in [0.5, 0.6) is 0 Å². The number of carbonyl (C=O) groups is 1. The Balaban J connectivity index is 1.34. The van der Waals surface area contributed by atoms with Gasteiger partial charge in [-0.1, -0.05) is 18.2 Å². The summed E-state index contributed by atoms with van der Waals surface area (Å²) in [4.78, 5) is 28.1. The Morgan fingerprint density at radius 3 is 2.76 bits per heavy atom. The summed E-state index contributed by atoms with van der Waals surface area (Å²) in [5.41, 5.74) is 3.20. The number of halogens is 2. The normalized spacial score (nSPS) is 20.4. The second-order valence-corrected chi connectivity index (χ2v) is 9.02. The fourth-order valence-electron chi connectivity index (χ4n) is 5.06. The summed E-state index contributed by atoms with van der Waals surface area (Å²) < 4.78 is 27.5. The van der Waals surface area contributed by atoms with Gasteiger partial charge in [0.05, 0.1) is 24.0 Å². The van der Waals surface area contributed by atoms with Gasteiger partial charge < -0.3 is 9.80 Å². The maximum Gasteiger partial charge on any atom is 0.329 e. The lowest BCUT2D eigenvalue weighted by Gasteiger charge is -2.35. The smallest absolute Gasteiger partial charge is 0.329 e. The maximum absolute atomic E-state index is 13.7. The number of nitrogens with zero attached hydrogens (tertiary/aromatic N) is 5. The molecule has 0 saturated carbocycles. The van der Waals surface area contributed by atoms with E-state index >= 15 is 0 Å². The van der Waals surface area contributed by atoms with Gasteiger partial charge in [-0.3, -0.25) is 10.2 Å². The van der Waals surface area contributed by atoms with Crippen molar-refractivity contribution >= 4 is 29.0 Å². The van der Waals surface area contributed by atoms with Gasteiger partial charge in [0.2, 0.25) is 0 Å². The van der Waals surface area contributed by atoms with Crippen LogP contribution in [0.1, 0.15) is 12.8 Å². The number of alkyl halides is 2. The van der Waals surface area contributed by atoms with Gasteiger partial charge >= 0.3 is 6.03 Å². The molecule has 0 radical (unpaired) electrons. The molecule has 2 bridgehead atoms. The molecule has 0 unspecified atom stereocenters. The molecule has 1 aromatic carbocycles. The van der Waals surface area contributed by atoms with E-state index in [1.807, 2.05) is 42.5 Å². The Labute approximate surface area is 196 Å². The average molecular weight is 463 g/mol. The topological polar surface area (TPSA) is 64.6 Å². The Kier molecular flexibility index (Phi) is 4.86. The van der Waals surface area contributed by atoms with Crippen LogP contribution in [0.3, 0.4) is 0 Å². The van der Waals surface area contributed by atoms with E-state index in [0.29, 0.717) is 23.9 Å². The molecule has 2 saturated heterocycles. The molecule has 3 aliphatic rings. The first kappa shape index (κ1) is 20.8. The first-order chi connectivity index (χ1) is 16.5. The van der Waals surface area contributed by atoms with Crippen molar-refractivity contribution in [1.82, 2.24) is 9.97 Å². The summed E-state index contributed by atoms with van der Waals surface area (Å²) in [7, 11) is 0. The Hall–Kier alpha value is -3.75. The van der Waals surface area contributed by atoms with Gasteiger partial charge in [0, 0.05) is 43.5 Å². The summed E-state index contributed by atoms with van der Waals surface area (Å²) >= 11 is 0. The predicted molar refractivity (Wildman–Crippen MR) is 128 cm³/mol. The summed E-state index contributed by atoms with van der Waals surface area (Å²) in [6, 6.07) is 16.6. The molecule has 9 heteroatoms. The van der Waals surface area contributed by atoms with E-state index in [4.69, 9.17) is 4.98 Å². The van der Waals surface area contributed by atoms with Crippen molar-refractivity contribution < 1.29 is 13.6 Å². The molecule has 5 heterocycles. The van der Waals surface area contributed by atoms with E-state index in [1.54, 1.807) is 28.1 Å². The van der Waals surface area contributed by atoms with Crippen LogP contribution in [-0.4, -0.2) is 54.1 Å². The Morgan fingerprint density at radius 2 is 1.97 bits per heavy atom. The molecule has 1 atom stereocenters. The molecule has 2 fully saturated rings. The SMILES string of the molecule is O=C(Nc1ccccn1)N1c2nc(-c3cccc(N4CCC(F)(F)C4)c3)ccc2N2CC[C@H]1C2. The lowest BCUT2D eigenvalue weighted by atomic mass is 10.1. The fraction of sp³-hybridized carbons (Fsp3) is 0.320. The van der Waals surface area contributed by atoms with Crippen molar-refractivity contribution in [1.29, 1.82) is 0 Å². The summed E-state index contributed by atoms with van der Waals surface area (Å²) in [5.74, 6) is -1.56. The van der Waals surface area contributed by atoms with Crippen molar-refractivity contribution in [2.24, 2.45) is 0 Å². The van der Waals surface area contributed by atoms with Gasteiger partial charge in [0.15, 0.2) is 5.82 Å². The quantitative estimate of drug-likeness (QED) is 0.616. The number of rotatable bonds is 3. The molecule has 6 rings (SSSR count). The van der Waals surface area contributed by atoms with Gasteiger partial charge in [-0.2, -0.15) is 0 Å². The van der Waals surface area contributed by atoms with E-state index in [9.17, 15) is 13.6 Å². The van der Waals surface area contributed by atoms with E-state index < -0.39 is 5.92 Å². The highest BCUT2D eigenvalue weighted by atomic mass is 19.3. The van der Waals surface area contributed by atoms with Crippen molar-refractivity contribution in [3.8, 4) is 11.3 Å². The lowest BCUT2D eigenvalue weighted by molar-refractivity contribution is 0.0257. The number of anilines is 4. The average Bonchev–Trinajstić information content (AvgIpc) is 3.43. The van der Waals surface area contributed by atoms with Crippen molar-refractivity contribution in [3.05, 3.63) is 60.8 Å². The molecule has 3 aliphatic heterocycles. The third-order valence-electron chi connectivity index (χ3n) is 6.75. The molecular weight excluding hydrogens is 438 g/mol. The molecule has 1 N–H and O–H groups in total. The number of pyridine rings is 2. The molecular formula is C25H24F2N6O.